The monoisotopic (exact) mass is 271 g/mol. The number of rotatable bonds is 6. The average molecular weight is 271 g/mol. The average Bonchev–Trinajstić information content (AvgIpc) is 2.47. The summed E-state index contributed by atoms with van der Waals surface area (Å²) in [4.78, 5) is 1.30. The van der Waals surface area contributed by atoms with E-state index < -0.39 is 0 Å². The Kier molecular flexibility index (Phi) is 5.49. The Bertz CT molecular complexity index is 469. The number of benzene rings is 2. The lowest BCUT2D eigenvalue weighted by molar-refractivity contribution is 0.607. The second-order valence-corrected chi connectivity index (χ2v) is 6.27. The molecule has 0 heterocycles. The molecule has 0 saturated heterocycles. The number of hydrogen-bond acceptors (Lipinski definition) is 2. The Morgan fingerprint density at radius 3 is 2.16 bits per heavy atom. The van der Waals surface area contributed by atoms with E-state index in [4.69, 9.17) is 5.73 Å². The van der Waals surface area contributed by atoms with E-state index in [9.17, 15) is 0 Å². The fraction of sp³-hybridized carbons (Fsp3) is 0.294. The van der Waals surface area contributed by atoms with Crippen LogP contribution in [0.3, 0.4) is 0 Å². The maximum absolute atomic E-state index is 6.29. The van der Waals surface area contributed by atoms with E-state index >= 15 is 0 Å². The molecule has 2 rings (SSSR count). The SMILES string of the molecule is C[C@H](Sc1ccccc1)[C@H](N)CCc1ccccc1. The Hall–Kier alpha value is -1.25. The molecule has 0 spiro atoms. The Labute approximate surface area is 120 Å². The maximum Gasteiger partial charge on any atom is 0.0218 e. The van der Waals surface area contributed by atoms with Gasteiger partial charge in [-0.05, 0) is 30.5 Å². The molecule has 0 saturated carbocycles. The summed E-state index contributed by atoms with van der Waals surface area (Å²) in [5, 5.41) is 0.436. The van der Waals surface area contributed by atoms with E-state index in [1.165, 1.54) is 10.5 Å². The van der Waals surface area contributed by atoms with Gasteiger partial charge in [-0.15, -0.1) is 11.8 Å². The smallest absolute Gasteiger partial charge is 0.0218 e. The molecule has 0 amide bonds. The Balaban J connectivity index is 1.81. The highest BCUT2D eigenvalue weighted by Crippen LogP contribution is 2.25. The van der Waals surface area contributed by atoms with Gasteiger partial charge in [0.05, 0.1) is 0 Å². The van der Waals surface area contributed by atoms with Crippen molar-refractivity contribution in [2.75, 3.05) is 0 Å². The molecule has 2 heteroatoms. The minimum atomic E-state index is 0.227. The van der Waals surface area contributed by atoms with Crippen LogP contribution in [-0.2, 0) is 6.42 Å². The molecule has 1 nitrogen and oxygen atoms in total. The predicted octanol–water partition coefficient (Wildman–Crippen LogP) is 4.13. The molecule has 2 N–H and O–H groups in total. The molecule has 0 aliphatic carbocycles. The molecule has 2 atom stereocenters. The molecule has 0 aromatic heterocycles. The highest BCUT2D eigenvalue weighted by molar-refractivity contribution is 8.00. The molecule has 2 aromatic rings. The first-order chi connectivity index (χ1) is 9.25. The van der Waals surface area contributed by atoms with Crippen molar-refractivity contribution >= 4 is 11.8 Å². The lowest BCUT2D eigenvalue weighted by Gasteiger charge is -2.19. The summed E-state index contributed by atoms with van der Waals surface area (Å²) in [5.41, 5.74) is 7.66. The Morgan fingerprint density at radius 2 is 1.53 bits per heavy atom. The molecule has 2 aromatic carbocycles. The molecule has 0 aliphatic rings. The normalized spacial score (nSPS) is 14.0. The first-order valence-electron chi connectivity index (χ1n) is 6.77. The van der Waals surface area contributed by atoms with Crippen LogP contribution < -0.4 is 5.73 Å². The van der Waals surface area contributed by atoms with Crippen molar-refractivity contribution in [3.8, 4) is 0 Å². The summed E-state index contributed by atoms with van der Waals surface area (Å²) in [6.07, 6.45) is 2.09. The predicted molar refractivity (Wildman–Crippen MR) is 84.5 cm³/mol. The second kappa shape index (κ2) is 7.37. The molecule has 0 bridgehead atoms. The van der Waals surface area contributed by atoms with Gasteiger partial charge >= 0.3 is 0 Å². The Morgan fingerprint density at radius 1 is 0.947 bits per heavy atom. The van der Waals surface area contributed by atoms with Gasteiger partial charge in [-0.2, -0.15) is 0 Å². The third-order valence-corrected chi connectivity index (χ3v) is 4.54. The van der Waals surface area contributed by atoms with E-state index in [1.54, 1.807) is 0 Å². The minimum absolute atomic E-state index is 0.227. The zero-order valence-electron chi connectivity index (χ0n) is 11.3. The van der Waals surface area contributed by atoms with Crippen molar-refractivity contribution in [2.45, 2.75) is 36.0 Å². The van der Waals surface area contributed by atoms with Crippen molar-refractivity contribution < 1.29 is 0 Å². The number of thioether (sulfide) groups is 1. The van der Waals surface area contributed by atoms with Crippen molar-refractivity contribution in [2.24, 2.45) is 5.73 Å². The van der Waals surface area contributed by atoms with E-state index in [0.717, 1.165) is 12.8 Å². The van der Waals surface area contributed by atoms with Crippen molar-refractivity contribution in [3.63, 3.8) is 0 Å². The lowest BCUT2D eigenvalue weighted by atomic mass is 10.0. The van der Waals surface area contributed by atoms with Gasteiger partial charge in [-0.1, -0.05) is 55.5 Å². The van der Waals surface area contributed by atoms with Crippen LogP contribution in [0.5, 0.6) is 0 Å². The number of nitrogens with two attached hydrogens (primary N) is 1. The van der Waals surface area contributed by atoms with Crippen molar-refractivity contribution in [1.29, 1.82) is 0 Å². The fourth-order valence-corrected chi connectivity index (χ4v) is 3.07. The molecule has 100 valence electrons. The van der Waals surface area contributed by atoms with Crippen LogP contribution in [0.25, 0.3) is 0 Å². The van der Waals surface area contributed by atoms with Gasteiger partial charge in [0.2, 0.25) is 0 Å². The first kappa shape index (κ1) is 14.2. The van der Waals surface area contributed by atoms with Crippen LogP contribution in [0.4, 0.5) is 0 Å². The van der Waals surface area contributed by atoms with E-state index in [0.29, 0.717) is 5.25 Å². The highest BCUT2D eigenvalue weighted by atomic mass is 32.2. The molecule has 0 radical (unpaired) electrons. The maximum atomic E-state index is 6.29. The second-order valence-electron chi connectivity index (χ2n) is 4.82. The van der Waals surface area contributed by atoms with Crippen LogP contribution in [-0.4, -0.2) is 11.3 Å². The summed E-state index contributed by atoms with van der Waals surface area (Å²) >= 11 is 1.86. The fourth-order valence-electron chi connectivity index (χ4n) is 2.01. The van der Waals surface area contributed by atoms with Gasteiger partial charge in [-0.25, -0.2) is 0 Å². The van der Waals surface area contributed by atoms with E-state index in [1.807, 2.05) is 17.8 Å². The van der Waals surface area contributed by atoms with E-state index in [-0.39, 0.29) is 6.04 Å². The third kappa shape index (κ3) is 4.73. The van der Waals surface area contributed by atoms with Crippen LogP contribution in [0.2, 0.25) is 0 Å². The van der Waals surface area contributed by atoms with Gasteiger partial charge in [0, 0.05) is 16.2 Å². The molecule has 0 aliphatic heterocycles. The van der Waals surface area contributed by atoms with Gasteiger partial charge < -0.3 is 5.73 Å². The van der Waals surface area contributed by atoms with Gasteiger partial charge in [0.1, 0.15) is 0 Å². The molecule has 0 fully saturated rings. The molecule has 0 unspecified atom stereocenters. The summed E-state index contributed by atoms with van der Waals surface area (Å²) in [6, 6.07) is 21.3. The number of aryl methyl sites for hydroxylation is 1. The third-order valence-electron chi connectivity index (χ3n) is 3.28. The van der Waals surface area contributed by atoms with Gasteiger partial charge in [0.15, 0.2) is 0 Å². The topological polar surface area (TPSA) is 26.0 Å². The first-order valence-corrected chi connectivity index (χ1v) is 7.65. The minimum Gasteiger partial charge on any atom is -0.327 e. The zero-order valence-corrected chi connectivity index (χ0v) is 12.1. The summed E-state index contributed by atoms with van der Waals surface area (Å²) in [5.74, 6) is 0. The van der Waals surface area contributed by atoms with Crippen molar-refractivity contribution in [1.82, 2.24) is 0 Å². The molecular weight excluding hydrogens is 250 g/mol. The van der Waals surface area contributed by atoms with Gasteiger partial charge in [-0.3, -0.25) is 0 Å². The number of hydrogen-bond donors (Lipinski definition) is 1. The highest BCUT2D eigenvalue weighted by Gasteiger charge is 2.13. The summed E-state index contributed by atoms with van der Waals surface area (Å²) in [6.45, 7) is 2.22. The summed E-state index contributed by atoms with van der Waals surface area (Å²) < 4.78 is 0. The largest absolute Gasteiger partial charge is 0.327 e. The summed E-state index contributed by atoms with van der Waals surface area (Å²) in [7, 11) is 0. The lowest BCUT2D eigenvalue weighted by Crippen LogP contribution is -2.30. The van der Waals surface area contributed by atoms with Crippen LogP contribution >= 0.6 is 11.8 Å². The van der Waals surface area contributed by atoms with Gasteiger partial charge in [0.25, 0.3) is 0 Å². The molecule has 19 heavy (non-hydrogen) atoms. The molecular formula is C17H21NS. The van der Waals surface area contributed by atoms with Crippen LogP contribution in [0, 0.1) is 0 Å². The zero-order chi connectivity index (χ0) is 13.5. The quantitative estimate of drug-likeness (QED) is 0.800. The van der Waals surface area contributed by atoms with Crippen molar-refractivity contribution in [3.05, 3.63) is 66.2 Å². The van der Waals surface area contributed by atoms with Crippen LogP contribution in [0.1, 0.15) is 18.9 Å². The standard InChI is InChI=1S/C17H21NS/c1-14(19-16-10-6-3-7-11-16)17(18)13-12-15-8-4-2-5-9-15/h2-11,14,17H,12-13,18H2,1H3/t14-,17+/m0/s1. The van der Waals surface area contributed by atoms with E-state index in [2.05, 4.69) is 61.5 Å². The van der Waals surface area contributed by atoms with Crippen LogP contribution in [0.15, 0.2) is 65.6 Å².